The Balaban J connectivity index is 2.36. The first-order valence-electron chi connectivity index (χ1n) is 6.85. The van der Waals surface area contributed by atoms with Crippen molar-refractivity contribution in [3.63, 3.8) is 0 Å². The van der Waals surface area contributed by atoms with Crippen molar-refractivity contribution in [1.82, 2.24) is 14.8 Å². The summed E-state index contributed by atoms with van der Waals surface area (Å²) in [5.74, 6) is 1.62. The maximum absolute atomic E-state index is 5.38. The Morgan fingerprint density at radius 1 is 1.26 bits per heavy atom. The van der Waals surface area contributed by atoms with Crippen molar-refractivity contribution in [1.29, 1.82) is 0 Å². The van der Waals surface area contributed by atoms with Crippen molar-refractivity contribution < 1.29 is 0 Å². The van der Waals surface area contributed by atoms with Crippen molar-refractivity contribution in [3.05, 3.63) is 35.1 Å². The summed E-state index contributed by atoms with van der Waals surface area (Å²) < 4.78 is 2.84. The molecular formula is C15H21N3S. The first kappa shape index (κ1) is 14.0. The molecule has 0 bridgehead atoms. The van der Waals surface area contributed by atoms with Gasteiger partial charge in [-0.3, -0.25) is 9.67 Å². The number of rotatable bonds is 5. The van der Waals surface area contributed by atoms with E-state index in [4.69, 9.17) is 12.2 Å². The van der Waals surface area contributed by atoms with E-state index < -0.39 is 0 Å². The van der Waals surface area contributed by atoms with Gasteiger partial charge in [0, 0.05) is 11.6 Å². The van der Waals surface area contributed by atoms with Crippen LogP contribution in [-0.2, 0) is 0 Å². The first-order valence-corrected chi connectivity index (χ1v) is 7.26. The highest BCUT2D eigenvalue weighted by atomic mass is 32.1. The molecule has 0 radical (unpaired) electrons. The number of nitrogens with zero attached hydrogens (tertiary/aromatic N) is 2. The molecule has 0 aliphatic carbocycles. The fraction of sp³-hybridized carbons (Fsp3) is 0.467. The number of hydrogen-bond donors (Lipinski definition) is 1. The zero-order valence-corrected chi connectivity index (χ0v) is 12.6. The van der Waals surface area contributed by atoms with E-state index >= 15 is 0 Å². The fourth-order valence-electron chi connectivity index (χ4n) is 2.36. The molecule has 3 nitrogen and oxygen atoms in total. The van der Waals surface area contributed by atoms with E-state index in [-0.39, 0.29) is 0 Å². The molecule has 0 amide bonds. The van der Waals surface area contributed by atoms with Gasteiger partial charge in [0.2, 0.25) is 0 Å². The minimum Gasteiger partial charge on any atom is -0.297 e. The molecule has 0 aliphatic heterocycles. The van der Waals surface area contributed by atoms with E-state index in [0.29, 0.717) is 16.7 Å². The van der Waals surface area contributed by atoms with Crippen molar-refractivity contribution >= 4 is 12.2 Å². The molecule has 102 valence electrons. The number of H-pyrrole nitrogens is 1. The van der Waals surface area contributed by atoms with E-state index in [9.17, 15) is 0 Å². The average Bonchev–Trinajstić information content (AvgIpc) is 2.81. The van der Waals surface area contributed by atoms with Gasteiger partial charge in [0.15, 0.2) is 10.6 Å². The number of hydrogen-bond acceptors (Lipinski definition) is 2. The molecule has 0 saturated carbocycles. The number of aromatic amines is 1. The maximum Gasteiger partial charge on any atom is 0.195 e. The second-order valence-electron chi connectivity index (χ2n) is 5.19. The lowest BCUT2D eigenvalue weighted by atomic mass is 10.00. The quantitative estimate of drug-likeness (QED) is 0.809. The Morgan fingerprint density at radius 2 is 1.95 bits per heavy atom. The molecule has 19 heavy (non-hydrogen) atoms. The van der Waals surface area contributed by atoms with Crippen LogP contribution in [0.1, 0.15) is 39.7 Å². The second-order valence-corrected chi connectivity index (χ2v) is 5.57. The molecule has 2 rings (SSSR count). The van der Waals surface area contributed by atoms with Gasteiger partial charge in [0.1, 0.15) is 0 Å². The minimum absolute atomic E-state index is 0.358. The summed E-state index contributed by atoms with van der Waals surface area (Å²) in [6.45, 7) is 6.72. The van der Waals surface area contributed by atoms with Gasteiger partial charge in [-0.05, 0) is 31.5 Å². The molecule has 0 fully saturated rings. The molecule has 0 aliphatic rings. The summed E-state index contributed by atoms with van der Waals surface area (Å²) in [4.78, 5) is 0. The van der Waals surface area contributed by atoms with Gasteiger partial charge in [0.05, 0.1) is 0 Å². The third-order valence-corrected chi connectivity index (χ3v) is 3.91. The van der Waals surface area contributed by atoms with Crippen LogP contribution in [-0.4, -0.2) is 14.8 Å². The van der Waals surface area contributed by atoms with E-state index in [1.165, 1.54) is 6.42 Å². The number of nitrogens with one attached hydrogen (secondary N) is 1. The van der Waals surface area contributed by atoms with Gasteiger partial charge in [-0.1, -0.05) is 50.6 Å². The number of aromatic nitrogens is 3. The van der Waals surface area contributed by atoms with E-state index in [1.807, 2.05) is 18.2 Å². The van der Waals surface area contributed by atoms with Gasteiger partial charge in [-0.15, -0.1) is 0 Å². The van der Waals surface area contributed by atoms with Crippen LogP contribution >= 0.6 is 12.2 Å². The third-order valence-electron chi connectivity index (χ3n) is 3.62. The highest BCUT2D eigenvalue weighted by molar-refractivity contribution is 7.71. The van der Waals surface area contributed by atoms with Gasteiger partial charge >= 0.3 is 0 Å². The highest BCUT2D eigenvalue weighted by Gasteiger charge is 2.16. The summed E-state index contributed by atoms with van der Waals surface area (Å²) in [6.07, 6.45) is 2.31. The summed E-state index contributed by atoms with van der Waals surface area (Å²) in [6, 6.07) is 10.6. The van der Waals surface area contributed by atoms with Gasteiger partial charge in [-0.25, -0.2) is 0 Å². The van der Waals surface area contributed by atoms with Crippen LogP contribution in [0, 0.1) is 10.7 Å². The number of benzene rings is 1. The van der Waals surface area contributed by atoms with E-state index in [1.54, 1.807) is 0 Å². The monoisotopic (exact) mass is 275 g/mol. The van der Waals surface area contributed by atoms with Crippen molar-refractivity contribution in [2.75, 3.05) is 0 Å². The summed E-state index contributed by atoms with van der Waals surface area (Å²) in [7, 11) is 0. The molecule has 0 saturated heterocycles. The molecule has 1 N–H and O–H groups in total. The predicted molar refractivity (Wildman–Crippen MR) is 81.6 cm³/mol. The van der Waals surface area contributed by atoms with Crippen molar-refractivity contribution in [3.8, 4) is 11.4 Å². The van der Waals surface area contributed by atoms with Gasteiger partial charge in [-0.2, -0.15) is 5.10 Å². The summed E-state index contributed by atoms with van der Waals surface area (Å²) in [5.41, 5.74) is 1.10. The molecule has 2 unspecified atom stereocenters. The lowest BCUT2D eigenvalue weighted by Crippen LogP contribution is -2.11. The lowest BCUT2D eigenvalue weighted by molar-refractivity contribution is 0.398. The van der Waals surface area contributed by atoms with Crippen LogP contribution in [0.4, 0.5) is 0 Å². The molecule has 0 spiro atoms. The van der Waals surface area contributed by atoms with Gasteiger partial charge < -0.3 is 0 Å². The molecule has 1 aromatic heterocycles. The summed E-state index contributed by atoms with van der Waals surface area (Å²) in [5, 5.41) is 7.31. The zero-order chi connectivity index (χ0) is 13.8. The van der Waals surface area contributed by atoms with E-state index in [2.05, 4.69) is 47.7 Å². The Morgan fingerprint density at radius 3 is 2.58 bits per heavy atom. The normalized spacial score (nSPS) is 14.3. The average molecular weight is 275 g/mol. The Hall–Kier alpha value is -1.42. The van der Waals surface area contributed by atoms with Crippen LogP contribution in [0.15, 0.2) is 30.3 Å². The van der Waals surface area contributed by atoms with Crippen molar-refractivity contribution in [2.45, 2.75) is 39.7 Å². The molecule has 2 aromatic rings. The first-order chi connectivity index (χ1) is 9.13. The van der Waals surface area contributed by atoms with Crippen LogP contribution in [0.2, 0.25) is 0 Å². The standard InChI is InChI=1S/C15H21N3S/c1-4-11(2)10-12(3)18-14(16-17-15(18)19)13-8-6-5-7-9-13/h5-9,11-12H,4,10H2,1-3H3,(H,17,19). The lowest BCUT2D eigenvalue weighted by Gasteiger charge is -2.19. The molecule has 1 heterocycles. The largest absolute Gasteiger partial charge is 0.297 e. The Bertz CT molecular complexity index is 571. The SMILES string of the molecule is CCC(C)CC(C)n1c(-c2ccccc2)n[nH]c1=S. The second kappa shape index (κ2) is 6.15. The van der Waals surface area contributed by atoms with Gasteiger partial charge in [0.25, 0.3) is 0 Å². The van der Waals surface area contributed by atoms with Crippen molar-refractivity contribution in [2.24, 2.45) is 5.92 Å². The van der Waals surface area contributed by atoms with E-state index in [0.717, 1.165) is 17.8 Å². The topological polar surface area (TPSA) is 33.6 Å². The Kier molecular flexibility index (Phi) is 4.53. The van der Waals surface area contributed by atoms with Crippen LogP contribution < -0.4 is 0 Å². The zero-order valence-electron chi connectivity index (χ0n) is 11.8. The predicted octanol–water partition coefficient (Wildman–Crippen LogP) is 4.60. The summed E-state index contributed by atoms with van der Waals surface area (Å²) >= 11 is 5.38. The minimum atomic E-state index is 0.358. The molecule has 4 heteroatoms. The highest BCUT2D eigenvalue weighted by Crippen LogP contribution is 2.25. The molecular weight excluding hydrogens is 254 g/mol. The smallest absolute Gasteiger partial charge is 0.195 e. The fourth-order valence-corrected chi connectivity index (χ4v) is 2.67. The van der Waals surface area contributed by atoms with Crippen LogP contribution in [0.3, 0.4) is 0 Å². The third kappa shape index (κ3) is 3.13. The van der Waals surface area contributed by atoms with Crippen LogP contribution in [0.5, 0.6) is 0 Å². The molecule has 2 atom stereocenters. The van der Waals surface area contributed by atoms with Crippen LogP contribution in [0.25, 0.3) is 11.4 Å². The Labute approximate surface area is 119 Å². The maximum atomic E-state index is 5.38. The molecule has 1 aromatic carbocycles.